The molecule has 1 amide bonds. The van der Waals surface area contributed by atoms with Crippen molar-refractivity contribution in [1.29, 1.82) is 0 Å². The lowest BCUT2D eigenvalue weighted by Gasteiger charge is -2.08. The highest BCUT2D eigenvalue weighted by atomic mass is 32.1. The topological polar surface area (TPSA) is 42.0 Å². The first-order valence-electron chi connectivity index (χ1n) is 8.31. The molecule has 25 heavy (non-hydrogen) atoms. The van der Waals surface area contributed by atoms with Gasteiger partial charge in [-0.05, 0) is 44.4 Å². The third-order valence-corrected chi connectivity index (χ3v) is 4.93. The summed E-state index contributed by atoms with van der Waals surface area (Å²) in [5.41, 5.74) is 7.94. The van der Waals surface area contributed by atoms with E-state index in [1.165, 1.54) is 33.6 Å². The van der Waals surface area contributed by atoms with Crippen LogP contribution in [0.15, 0.2) is 41.8 Å². The molecule has 3 nitrogen and oxygen atoms in total. The third kappa shape index (κ3) is 4.15. The number of carbonyl (C=O) groups excluding carboxylic acids is 1. The fourth-order valence-corrected chi connectivity index (χ4v) is 3.80. The molecule has 0 aliphatic carbocycles. The number of benzene rings is 2. The van der Waals surface area contributed by atoms with Gasteiger partial charge in [-0.15, -0.1) is 11.3 Å². The summed E-state index contributed by atoms with van der Waals surface area (Å²) < 4.78 is 0. The number of amides is 1. The number of nitrogens with zero attached hydrogens (tertiary/aromatic N) is 1. The molecule has 4 heteroatoms. The fourth-order valence-electron chi connectivity index (χ4n) is 3.08. The van der Waals surface area contributed by atoms with Crippen LogP contribution in [0.1, 0.15) is 27.8 Å². The number of rotatable bonds is 4. The Morgan fingerprint density at radius 3 is 2.28 bits per heavy atom. The maximum Gasteiger partial charge on any atom is 0.230 e. The van der Waals surface area contributed by atoms with Gasteiger partial charge in [-0.25, -0.2) is 4.98 Å². The molecule has 1 aromatic heterocycles. The van der Waals surface area contributed by atoms with Gasteiger partial charge in [0.05, 0.1) is 12.1 Å². The second-order valence-corrected chi connectivity index (χ2v) is 7.38. The Kier molecular flexibility index (Phi) is 5.00. The molecule has 128 valence electrons. The second kappa shape index (κ2) is 7.19. The summed E-state index contributed by atoms with van der Waals surface area (Å²) in [4.78, 5) is 16.9. The molecular weight excluding hydrogens is 328 g/mol. The number of hydrogen-bond acceptors (Lipinski definition) is 3. The molecule has 0 aliphatic heterocycles. The van der Waals surface area contributed by atoms with Crippen molar-refractivity contribution in [1.82, 2.24) is 4.98 Å². The van der Waals surface area contributed by atoms with Crippen molar-refractivity contribution >= 4 is 22.4 Å². The van der Waals surface area contributed by atoms with E-state index in [2.05, 4.69) is 43.2 Å². The van der Waals surface area contributed by atoms with Gasteiger partial charge < -0.3 is 5.32 Å². The number of anilines is 1. The maximum atomic E-state index is 12.2. The van der Waals surface area contributed by atoms with E-state index in [1.807, 2.05) is 36.6 Å². The number of carbonyl (C=O) groups is 1. The van der Waals surface area contributed by atoms with E-state index in [9.17, 15) is 4.79 Å². The third-order valence-electron chi connectivity index (χ3n) is 4.17. The van der Waals surface area contributed by atoms with E-state index in [-0.39, 0.29) is 5.91 Å². The van der Waals surface area contributed by atoms with Crippen LogP contribution in [0.4, 0.5) is 5.13 Å². The molecule has 0 saturated heterocycles. The van der Waals surface area contributed by atoms with Crippen molar-refractivity contribution in [3.8, 4) is 11.3 Å². The minimum Gasteiger partial charge on any atom is -0.302 e. The van der Waals surface area contributed by atoms with Crippen molar-refractivity contribution in [2.75, 3.05) is 5.32 Å². The summed E-state index contributed by atoms with van der Waals surface area (Å²) in [6, 6.07) is 12.3. The van der Waals surface area contributed by atoms with Crippen LogP contribution < -0.4 is 5.32 Å². The van der Waals surface area contributed by atoms with E-state index in [1.54, 1.807) is 0 Å². The summed E-state index contributed by atoms with van der Waals surface area (Å²) in [5, 5.41) is 5.56. The normalized spacial score (nSPS) is 10.7. The second-order valence-electron chi connectivity index (χ2n) is 6.52. The molecule has 0 fully saturated rings. The molecule has 0 aliphatic rings. The summed E-state index contributed by atoms with van der Waals surface area (Å²) in [7, 11) is 0. The summed E-state index contributed by atoms with van der Waals surface area (Å²) in [6.45, 7) is 8.34. The van der Waals surface area contributed by atoms with Gasteiger partial charge in [-0.2, -0.15) is 0 Å². The minimum atomic E-state index is -0.0397. The number of aromatic nitrogens is 1. The molecule has 0 spiro atoms. The summed E-state index contributed by atoms with van der Waals surface area (Å²) >= 11 is 1.46. The number of aryl methyl sites for hydroxylation is 4. The van der Waals surface area contributed by atoms with Crippen molar-refractivity contribution in [3.05, 3.63) is 69.6 Å². The van der Waals surface area contributed by atoms with Crippen LogP contribution in [0.5, 0.6) is 0 Å². The maximum absolute atomic E-state index is 12.2. The summed E-state index contributed by atoms with van der Waals surface area (Å²) in [6.07, 6.45) is 0.359. The zero-order chi connectivity index (χ0) is 18.0. The van der Waals surface area contributed by atoms with Crippen LogP contribution in [0, 0.1) is 27.7 Å². The Labute approximate surface area is 152 Å². The summed E-state index contributed by atoms with van der Waals surface area (Å²) in [5.74, 6) is -0.0397. The lowest BCUT2D eigenvalue weighted by atomic mass is 9.98. The molecule has 0 atom stereocenters. The molecule has 0 radical (unpaired) electrons. The first-order valence-corrected chi connectivity index (χ1v) is 9.19. The fraction of sp³-hybridized carbons (Fsp3) is 0.238. The van der Waals surface area contributed by atoms with Crippen molar-refractivity contribution in [2.45, 2.75) is 34.1 Å². The van der Waals surface area contributed by atoms with Crippen LogP contribution in [0.25, 0.3) is 11.3 Å². The predicted molar refractivity (Wildman–Crippen MR) is 105 cm³/mol. The number of thiazole rings is 1. The van der Waals surface area contributed by atoms with Crippen LogP contribution in [0.3, 0.4) is 0 Å². The Morgan fingerprint density at radius 1 is 1.00 bits per heavy atom. The molecule has 0 bridgehead atoms. The average molecular weight is 350 g/mol. The van der Waals surface area contributed by atoms with E-state index in [4.69, 9.17) is 0 Å². The van der Waals surface area contributed by atoms with Gasteiger partial charge >= 0.3 is 0 Å². The molecule has 1 N–H and O–H groups in total. The van der Waals surface area contributed by atoms with E-state index in [0.29, 0.717) is 11.6 Å². The predicted octanol–water partition coefficient (Wildman–Crippen LogP) is 5.22. The lowest BCUT2D eigenvalue weighted by Crippen LogP contribution is -2.14. The van der Waals surface area contributed by atoms with Crippen LogP contribution in [-0.4, -0.2) is 10.9 Å². The van der Waals surface area contributed by atoms with E-state index < -0.39 is 0 Å². The lowest BCUT2D eigenvalue weighted by molar-refractivity contribution is -0.115. The Morgan fingerprint density at radius 2 is 1.64 bits per heavy atom. The zero-order valence-electron chi connectivity index (χ0n) is 15.0. The van der Waals surface area contributed by atoms with Crippen LogP contribution in [0.2, 0.25) is 0 Å². The van der Waals surface area contributed by atoms with Crippen LogP contribution in [-0.2, 0) is 11.2 Å². The van der Waals surface area contributed by atoms with Gasteiger partial charge in [0.2, 0.25) is 5.91 Å². The first-order chi connectivity index (χ1) is 11.9. The Hall–Kier alpha value is -2.46. The molecule has 2 aromatic carbocycles. The Bertz CT molecular complexity index is 887. The van der Waals surface area contributed by atoms with E-state index >= 15 is 0 Å². The van der Waals surface area contributed by atoms with Crippen LogP contribution >= 0.6 is 11.3 Å². The van der Waals surface area contributed by atoms with Gasteiger partial charge in [0.15, 0.2) is 5.13 Å². The van der Waals surface area contributed by atoms with Gasteiger partial charge in [0.25, 0.3) is 0 Å². The van der Waals surface area contributed by atoms with Gasteiger partial charge in [-0.1, -0.05) is 47.5 Å². The molecule has 3 aromatic rings. The van der Waals surface area contributed by atoms with Crippen molar-refractivity contribution in [2.24, 2.45) is 0 Å². The van der Waals surface area contributed by atoms with Crippen molar-refractivity contribution < 1.29 is 4.79 Å². The largest absolute Gasteiger partial charge is 0.302 e. The standard InChI is InChI=1S/C21H22N2OS/c1-13-5-7-17(8-6-13)11-19(24)23-21-22-18(12-25-21)20-15(3)9-14(2)10-16(20)4/h5-10,12H,11H2,1-4H3,(H,22,23,24). The highest BCUT2D eigenvalue weighted by Gasteiger charge is 2.12. The SMILES string of the molecule is Cc1ccc(CC(=O)Nc2nc(-c3c(C)cc(C)cc3C)cs2)cc1. The first kappa shape index (κ1) is 17.4. The zero-order valence-corrected chi connectivity index (χ0v) is 15.8. The number of hydrogen-bond donors (Lipinski definition) is 1. The monoisotopic (exact) mass is 350 g/mol. The molecular formula is C21H22N2OS. The van der Waals surface area contributed by atoms with Gasteiger partial charge in [0, 0.05) is 10.9 Å². The smallest absolute Gasteiger partial charge is 0.230 e. The van der Waals surface area contributed by atoms with E-state index in [0.717, 1.165) is 16.8 Å². The number of nitrogens with one attached hydrogen (secondary N) is 1. The van der Waals surface area contributed by atoms with Gasteiger partial charge in [0.1, 0.15) is 0 Å². The molecule has 3 rings (SSSR count). The molecule has 0 saturated carbocycles. The quantitative estimate of drug-likeness (QED) is 0.700. The molecule has 1 heterocycles. The van der Waals surface area contributed by atoms with Crippen molar-refractivity contribution in [3.63, 3.8) is 0 Å². The Balaban J connectivity index is 1.74. The molecule has 0 unspecified atom stereocenters. The highest BCUT2D eigenvalue weighted by Crippen LogP contribution is 2.31. The minimum absolute atomic E-state index is 0.0397. The average Bonchev–Trinajstić information content (AvgIpc) is 2.96. The highest BCUT2D eigenvalue weighted by molar-refractivity contribution is 7.14. The van der Waals surface area contributed by atoms with Gasteiger partial charge in [-0.3, -0.25) is 4.79 Å².